The fourth-order valence-electron chi connectivity index (χ4n) is 2.33. The summed E-state index contributed by atoms with van der Waals surface area (Å²) >= 11 is 1.67. The molecule has 1 aliphatic heterocycles. The second kappa shape index (κ2) is 4.52. The van der Waals surface area contributed by atoms with Gasteiger partial charge in [0.15, 0.2) is 0 Å². The van der Waals surface area contributed by atoms with Crippen molar-refractivity contribution >= 4 is 29.7 Å². The fraction of sp³-hybridized carbons (Fsp3) is 0.200. The number of rotatable bonds is 1. The molecule has 0 radical (unpaired) electrons. The van der Waals surface area contributed by atoms with E-state index in [9.17, 15) is 4.57 Å². The summed E-state index contributed by atoms with van der Waals surface area (Å²) in [6.45, 7) is 4.05. The minimum absolute atomic E-state index is 0.823. The van der Waals surface area contributed by atoms with Gasteiger partial charge in [0.05, 0.1) is 10.6 Å². The van der Waals surface area contributed by atoms with E-state index >= 15 is 0 Å². The molecule has 0 spiro atoms. The van der Waals surface area contributed by atoms with Crippen molar-refractivity contribution in [2.24, 2.45) is 0 Å². The third-order valence-corrected chi connectivity index (χ3v) is 7.32. The van der Waals surface area contributed by atoms with E-state index in [1.807, 2.05) is 44.2 Å². The van der Waals surface area contributed by atoms with Crippen molar-refractivity contribution in [2.45, 2.75) is 23.6 Å². The summed E-state index contributed by atoms with van der Waals surface area (Å²) < 4.78 is 18.7. The topological polar surface area (TPSA) is 26.3 Å². The van der Waals surface area contributed by atoms with Crippen LogP contribution in [0.2, 0.25) is 0 Å². The lowest BCUT2D eigenvalue weighted by Gasteiger charge is -2.27. The molecule has 4 heteroatoms. The van der Waals surface area contributed by atoms with Crippen LogP contribution in [0.4, 0.5) is 0 Å². The molecule has 2 nitrogen and oxygen atoms in total. The Labute approximate surface area is 117 Å². The van der Waals surface area contributed by atoms with Gasteiger partial charge in [0.1, 0.15) is 0 Å². The van der Waals surface area contributed by atoms with E-state index in [-0.39, 0.29) is 0 Å². The monoisotopic (exact) mass is 290 g/mol. The highest BCUT2D eigenvalue weighted by atomic mass is 32.2. The van der Waals surface area contributed by atoms with Crippen molar-refractivity contribution in [2.75, 3.05) is 7.11 Å². The van der Waals surface area contributed by atoms with Crippen molar-refractivity contribution in [3.63, 3.8) is 0 Å². The molecule has 1 atom stereocenters. The Hall–Kier alpha value is -1.02. The van der Waals surface area contributed by atoms with Gasteiger partial charge in [-0.15, -0.1) is 0 Å². The summed E-state index contributed by atoms with van der Waals surface area (Å²) in [5, 5.41) is 1.65. The zero-order chi connectivity index (χ0) is 13.6. The van der Waals surface area contributed by atoms with Crippen LogP contribution in [-0.4, -0.2) is 7.11 Å². The predicted octanol–water partition coefficient (Wildman–Crippen LogP) is 3.64. The molecule has 2 aromatic rings. The molecule has 19 heavy (non-hydrogen) atoms. The molecule has 1 heterocycles. The van der Waals surface area contributed by atoms with Crippen LogP contribution in [0.25, 0.3) is 0 Å². The zero-order valence-corrected chi connectivity index (χ0v) is 12.8. The lowest BCUT2D eigenvalue weighted by atomic mass is 10.2. The summed E-state index contributed by atoms with van der Waals surface area (Å²) in [4.78, 5) is 2.08. The Morgan fingerprint density at radius 2 is 1.63 bits per heavy atom. The van der Waals surface area contributed by atoms with Crippen LogP contribution in [0.1, 0.15) is 11.1 Å². The molecule has 98 valence electrons. The van der Waals surface area contributed by atoms with E-state index in [1.54, 1.807) is 11.8 Å². The lowest BCUT2D eigenvalue weighted by Crippen LogP contribution is -2.24. The SMILES string of the molecule is COP1(=O)c2ccc(C)cc2Sc2ccc(C)cc21. The van der Waals surface area contributed by atoms with Gasteiger partial charge < -0.3 is 4.52 Å². The minimum Gasteiger partial charge on any atom is -0.325 e. The van der Waals surface area contributed by atoms with Crippen LogP contribution in [0.5, 0.6) is 0 Å². The zero-order valence-electron chi connectivity index (χ0n) is 11.1. The van der Waals surface area contributed by atoms with E-state index in [4.69, 9.17) is 4.52 Å². The number of aryl methyl sites for hydroxylation is 2. The molecule has 0 saturated carbocycles. The standard InChI is InChI=1S/C15H15O2PS/c1-10-5-7-14-13(8-10)18(16,17-3)12-6-4-11(2)9-15(12)19-14/h4-9H,1-3H3. The maximum atomic E-state index is 13.3. The molecular formula is C15H15O2PS. The van der Waals surface area contributed by atoms with Gasteiger partial charge >= 0.3 is 0 Å². The van der Waals surface area contributed by atoms with E-state index in [0.717, 1.165) is 26.0 Å². The molecular weight excluding hydrogens is 275 g/mol. The second-order valence-corrected chi connectivity index (χ2v) is 8.29. The highest BCUT2D eigenvalue weighted by Gasteiger charge is 2.36. The van der Waals surface area contributed by atoms with Crippen LogP contribution < -0.4 is 10.6 Å². The van der Waals surface area contributed by atoms with Gasteiger partial charge in [0, 0.05) is 16.9 Å². The van der Waals surface area contributed by atoms with Gasteiger partial charge in [-0.1, -0.05) is 29.5 Å². The molecule has 0 aromatic heterocycles. The van der Waals surface area contributed by atoms with Crippen LogP contribution in [-0.2, 0) is 9.09 Å². The van der Waals surface area contributed by atoms with E-state index in [1.165, 1.54) is 12.7 Å². The Balaban J connectivity index is 2.31. The van der Waals surface area contributed by atoms with Gasteiger partial charge in [-0.3, -0.25) is 4.57 Å². The van der Waals surface area contributed by atoms with Gasteiger partial charge in [-0.25, -0.2) is 0 Å². The molecule has 1 aliphatic rings. The first-order valence-corrected chi connectivity index (χ1v) is 8.55. The molecule has 0 saturated heterocycles. The third-order valence-electron chi connectivity index (χ3n) is 3.34. The van der Waals surface area contributed by atoms with Crippen LogP contribution in [0.15, 0.2) is 46.2 Å². The highest BCUT2D eigenvalue weighted by molar-refractivity contribution is 8.01. The Bertz CT molecular complexity index is 709. The molecule has 1 unspecified atom stereocenters. The van der Waals surface area contributed by atoms with E-state index in [2.05, 4.69) is 6.07 Å². The Morgan fingerprint density at radius 3 is 2.37 bits per heavy atom. The average molecular weight is 290 g/mol. The molecule has 3 rings (SSSR count). The first kappa shape index (κ1) is 13.0. The summed E-state index contributed by atoms with van der Waals surface area (Å²) in [6, 6.07) is 12.1. The summed E-state index contributed by atoms with van der Waals surface area (Å²) in [6.07, 6.45) is 0. The Kier molecular flexibility index (Phi) is 3.09. The molecule has 0 bridgehead atoms. The van der Waals surface area contributed by atoms with E-state index < -0.39 is 7.37 Å². The molecule has 0 fully saturated rings. The lowest BCUT2D eigenvalue weighted by molar-refractivity contribution is 0.411. The maximum Gasteiger partial charge on any atom is 0.263 e. The third kappa shape index (κ3) is 1.97. The number of benzene rings is 2. The molecule has 2 aromatic carbocycles. The minimum atomic E-state index is -2.94. The number of fused-ring (bicyclic) bond motifs is 2. The van der Waals surface area contributed by atoms with Gasteiger partial charge in [-0.2, -0.15) is 0 Å². The van der Waals surface area contributed by atoms with Crippen LogP contribution >= 0.6 is 19.1 Å². The van der Waals surface area contributed by atoms with Crippen LogP contribution in [0, 0.1) is 13.8 Å². The fourth-order valence-corrected chi connectivity index (χ4v) is 6.30. The molecule has 0 N–H and O–H groups in total. The highest BCUT2D eigenvalue weighted by Crippen LogP contribution is 2.53. The number of hydrogen-bond donors (Lipinski definition) is 0. The van der Waals surface area contributed by atoms with Gasteiger partial charge in [-0.05, 0) is 43.7 Å². The summed E-state index contributed by atoms with van der Waals surface area (Å²) in [5.41, 5.74) is 2.27. The second-order valence-electron chi connectivity index (χ2n) is 4.78. The summed E-state index contributed by atoms with van der Waals surface area (Å²) in [7, 11) is -1.41. The first-order chi connectivity index (χ1) is 9.04. The van der Waals surface area contributed by atoms with Crippen molar-refractivity contribution in [1.29, 1.82) is 0 Å². The number of hydrogen-bond acceptors (Lipinski definition) is 3. The Morgan fingerprint density at radius 1 is 0.947 bits per heavy atom. The van der Waals surface area contributed by atoms with E-state index in [0.29, 0.717) is 0 Å². The van der Waals surface area contributed by atoms with Crippen LogP contribution in [0.3, 0.4) is 0 Å². The smallest absolute Gasteiger partial charge is 0.263 e. The van der Waals surface area contributed by atoms with Crippen molar-refractivity contribution in [3.05, 3.63) is 47.5 Å². The van der Waals surface area contributed by atoms with Crippen molar-refractivity contribution in [1.82, 2.24) is 0 Å². The average Bonchev–Trinajstić information content (AvgIpc) is 2.39. The first-order valence-electron chi connectivity index (χ1n) is 6.10. The molecule has 0 aliphatic carbocycles. The summed E-state index contributed by atoms with van der Waals surface area (Å²) in [5.74, 6) is 0. The van der Waals surface area contributed by atoms with Gasteiger partial charge in [0.2, 0.25) is 0 Å². The molecule has 0 amide bonds. The van der Waals surface area contributed by atoms with Gasteiger partial charge in [0.25, 0.3) is 7.37 Å². The largest absolute Gasteiger partial charge is 0.325 e. The predicted molar refractivity (Wildman–Crippen MR) is 80.4 cm³/mol. The van der Waals surface area contributed by atoms with Crippen molar-refractivity contribution in [3.8, 4) is 0 Å². The maximum absolute atomic E-state index is 13.3. The quantitative estimate of drug-likeness (QED) is 0.750. The normalized spacial score (nSPS) is 20.8. The van der Waals surface area contributed by atoms with Crippen molar-refractivity contribution < 1.29 is 9.09 Å².